The van der Waals surface area contributed by atoms with Crippen molar-refractivity contribution < 1.29 is 17.6 Å². The average Bonchev–Trinajstić information content (AvgIpc) is 2.72. The van der Waals surface area contributed by atoms with Crippen LogP contribution in [0, 0.1) is 5.82 Å². The van der Waals surface area contributed by atoms with Gasteiger partial charge in [-0.2, -0.15) is 4.31 Å². The van der Waals surface area contributed by atoms with Gasteiger partial charge in [-0.3, -0.25) is 4.79 Å². The highest BCUT2D eigenvalue weighted by Crippen LogP contribution is 2.23. The molecule has 0 atom stereocenters. The first-order valence-electron chi connectivity index (χ1n) is 8.90. The van der Waals surface area contributed by atoms with Crippen LogP contribution in [-0.2, 0) is 21.4 Å². The normalized spacial score (nSPS) is 11.5. The third kappa shape index (κ3) is 6.27. The Morgan fingerprint density at radius 3 is 2.26 bits per heavy atom. The van der Waals surface area contributed by atoms with Crippen LogP contribution in [0.5, 0.6) is 0 Å². The largest absolute Gasteiger partial charge is 0.325 e. The monoisotopic (exact) mass is 544 g/mol. The lowest BCUT2D eigenvalue weighted by Crippen LogP contribution is -2.37. The van der Waals surface area contributed by atoms with Crippen molar-refractivity contribution in [3.8, 4) is 0 Å². The lowest BCUT2D eigenvalue weighted by Gasteiger charge is -2.22. The minimum atomic E-state index is -4.00. The maximum atomic E-state index is 13.3. The zero-order valence-corrected chi connectivity index (χ0v) is 19.8. The predicted molar refractivity (Wildman–Crippen MR) is 123 cm³/mol. The molecule has 3 aromatic rings. The first kappa shape index (κ1) is 23.7. The molecule has 1 N–H and O–H groups in total. The molecule has 0 unspecified atom stereocenters. The summed E-state index contributed by atoms with van der Waals surface area (Å²) in [6, 6.07) is 16.5. The van der Waals surface area contributed by atoms with E-state index in [1.54, 1.807) is 36.4 Å². The summed E-state index contributed by atoms with van der Waals surface area (Å²) in [5.74, 6) is -1.22. The summed E-state index contributed by atoms with van der Waals surface area (Å²) in [4.78, 5) is 12.7. The number of benzene rings is 3. The molecule has 0 aliphatic carbocycles. The number of amides is 1. The molecule has 3 rings (SSSR count). The van der Waals surface area contributed by atoms with Gasteiger partial charge in [-0.15, -0.1) is 0 Å². The van der Waals surface area contributed by atoms with Crippen molar-refractivity contribution in [2.24, 2.45) is 0 Å². The highest BCUT2D eigenvalue weighted by molar-refractivity contribution is 9.10. The standard InChI is InChI=1S/C21H16BrCl2FN2O3S/c22-15-3-8-18(9-4-15)31(29,30)27(12-14-1-5-16(23)6-2-14)13-21(28)26-17-7-10-20(25)19(24)11-17/h1-11H,12-13H2,(H,26,28). The predicted octanol–water partition coefficient (Wildman–Crippen LogP) is 5.72. The van der Waals surface area contributed by atoms with Gasteiger partial charge in [0.2, 0.25) is 15.9 Å². The molecule has 5 nitrogen and oxygen atoms in total. The van der Waals surface area contributed by atoms with Gasteiger partial charge in [0.1, 0.15) is 5.82 Å². The van der Waals surface area contributed by atoms with E-state index < -0.39 is 28.3 Å². The number of nitrogens with one attached hydrogen (secondary N) is 1. The van der Waals surface area contributed by atoms with Crippen LogP contribution in [0.15, 0.2) is 76.1 Å². The van der Waals surface area contributed by atoms with Gasteiger partial charge in [0.05, 0.1) is 16.5 Å². The van der Waals surface area contributed by atoms with Gasteiger partial charge in [0.25, 0.3) is 0 Å². The van der Waals surface area contributed by atoms with Crippen molar-refractivity contribution in [2.75, 3.05) is 11.9 Å². The number of nitrogens with zero attached hydrogens (tertiary/aromatic N) is 1. The minimum absolute atomic E-state index is 0.0438. The second kappa shape index (κ2) is 10.1. The Morgan fingerprint density at radius 2 is 1.65 bits per heavy atom. The number of carbonyl (C=O) groups is 1. The van der Waals surface area contributed by atoms with E-state index in [1.165, 1.54) is 24.3 Å². The Balaban J connectivity index is 1.87. The van der Waals surface area contributed by atoms with Crippen LogP contribution in [0.3, 0.4) is 0 Å². The zero-order chi connectivity index (χ0) is 22.6. The average molecular weight is 546 g/mol. The van der Waals surface area contributed by atoms with Crippen LogP contribution in [-0.4, -0.2) is 25.2 Å². The van der Waals surface area contributed by atoms with Crippen LogP contribution in [0.1, 0.15) is 5.56 Å². The van der Waals surface area contributed by atoms with Crippen molar-refractivity contribution in [1.82, 2.24) is 4.31 Å². The first-order valence-corrected chi connectivity index (χ1v) is 11.9. The fraction of sp³-hybridized carbons (Fsp3) is 0.0952. The van der Waals surface area contributed by atoms with Crippen molar-refractivity contribution >= 4 is 60.7 Å². The van der Waals surface area contributed by atoms with E-state index in [2.05, 4.69) is 21.2 Å². The second-order valence-electron chi connectivity index (χ2n) is 6.53. The molecule has 0 saturated carbocycles. The molecule has 0 spiro atoms. The van der Waals surface area contributed by atoms with Crippen LogP contribution >= 0.6 is 39.1 Å². The van der Waals surface area contributed by atoms with E-state index in [-0.39, 0.29) is 22.2 Å². The summed E-state index contributed by atoms with van der Waals surface area (Å²) < 4.78 is 41.6. The lowest BCUT2D eigenvalue weighted by molar-refractivity contribution is -0.116. The molecule has 1 amide bonds. The number of halogens is 4. The Kier molecular flexibility index (Phi) is 7.72. The summed E-state index contributed by atoms with van der Waals surface area (Å²) in [6.45, 7) is -0.511. The number of rotatable bonds is 7. The van der Waals surface area contributed by atoms with Crippen molar-refractivity contribution in [2.45, 2.75) is 11.4 Å². The topological polar surface area (TPSA) is 66.5 Å². The Bertz CT molecular complexity index is 1190. The number of hydrogen-bond donors (Lipinski definition) is 1. The van der Waals surface area contributed by atoms with Crippen LogP contribution in [0.2, 0.25) is 10.0 Å². The third-order valence-corrected chi connectivity index (χ3v) is 7.12. The molecule has 162 valence electrons. The maximum absolute atomic E-state index is 13.3. The highest BCUT2D eigenvalue weighted by atomic mass is 79.9. The van der Waals surface area contributed by atoms with Crippen molar-refractivity contribution in [3.63, 3.8) is 0 Å². The van der Waals surface area contributed by atoms with Gasteiger partial charge in [-0.05, 0) is 60.2 Å². The number of anilines is 1. The molecule has 0 bridgehead atoms. The summed E-state index contributed by atoms with van der Waals surface area (Å²) >= 11 is 14.9. The molecule has 10 heteroatoms. The van der Waals surface area contributed by atoms with E-state index in [4.69, 9.17) is 23.2 Å². The van der Waals surface area contributed by atoms with E-state index >= 15 is 0 Å². The number of sulfonamides is 1. The second-order valence-corrected chi connectivity index (χ2v) is 10.2. The minimum Gasteiger partial charge on any atom is -0.325 e. The van der Waals surface area contributed by atoms with E-state index in [9.17, 15) is 17.6 Å². The van der Waals surface area contributed by atoms with Gasteiger partial charge in [0, 0.05) is 21.7 Å². The van der Waals surface area contributed by atoms with Gasteiger partial charge >= 0.3 is 0 Å². The molecular weight excluding hydrogens is 530 g/mol. The third-order valence-electron chi connectivity index (χ3n) is 4.25. The Hall–Kier alpha value is -1.97. The van der Waals surface area contributed by atoms with Crippen molar-refractivity contribution in [1.29, 1.82) is 0 Å². The Morgan fingerprint density at radius 1 is 1.00 bits per heavy atom. The van der Waals surface area contributed by atoms with Gasteiger partial charge in [0.15, 0.2) is 0 Å². The van der Waals surface area contributed by atoms with Crippen LogP contribution in [0.25, 0.3) is 0 Å². The molecule has 0 aliphatic heterocycles. The maximum Gasteiger partial charge on any atom is 0.243 e. The zero-order valence-electron chi connectivity index (χ0n) is 15.9. The van der Waals surface area contributed by atoms with Gasteiger partial charge in [-0.1, -0.05) is 51.3 Å². The quantitative estimate of drug-likeness (QED) is 0.412. The molecule has 0 saturated heterocycles. The van der Waals surface area contributed by atoms with E-state index in [1.807, 2.05) is 0 Å². The molecule has 0 radical (unpaired) electrons. The SMILES string of the molecule is O=C(CN(Cc1ccc(Cl)cc1)S(=O)(=O)c1ccc(Br)cc1)Nc1ccc(F)c(Cl)c1. The molecule has 0 aliphatic rings. The van der Waals surface area contributed by atoms with Gasteiger partial charge in [-0.25, -0.2) is 12.8 Å². The molecule has 0 fully saturated rings. The van der Waals surface area contributed by atoms with Crippen LogP contribution < -0.4 is 5.32 Å². The van der Waals surface area contributed by atoms with Gasteiger partial charge < -0.3 is 5.32 Å². The lowest BCUT2D eigenvalue weighted by atomic mass is 10.2. The summed E-state index contributed by atoms with van der Waals surface area (Å²) in [6.07, 6.45) is 0. The van der Waals surface area contributed by atoms with E-state index in [0.717, 1.165) is 14.8 Å². The smallest absolute Gasteiger partial charge is 0.243 e. The summed E-state index contributed by atoms with van der Waals surface area (Å²) in [7, 11) is -4.00. The molecule has 0 aromatic heterocycles. The summed E-state index contributed by atoms with van der Waals surface area (Å²) in [5, 5.41) is 2.90. The molecule has 0 heterocycles. The molecular formula is C21H16BrCl2FN2O3S. The first-order chi connectivity index (χ1) is 14.6. The fourth-order valence-corrected chi connectivity index (χ4v) is 4.66. The summed E-state index contributed by atoms with van der Waals surface area (Å²) in [5.41, 5.74) is 0.909. The van der Waals surface area contributed by atoms with E-state index in [0.29, 0.717) is 10.6 Å². The highest BCUT2D eigenvalue weighted by Gasteiger charge is 2.27. The van der Waals surface area contributed by atoms with Crippen molar-refractivity contribution in [3.05, 3.63) is 92.6 Å². The number of hydrogen-bond acceptors (Lipinski definition) is 3. The number of carbonyl (C=O) groups excluding carboxylic acids is 1. The Labute approximate surface area is 198 Å². The molecule has 31 heavy (non-hydrogen) atoms. The van der Waals surface area contributed by atoms with Crippen LogP contribution in [0.4, 0.5) is 10.1 Å². The fourth-order valence-electron chi connectivity index (χ4n) is 2.71. The molecule has 3 aromatic carbocycles.